The predicted octanol–water partition coefficient (Wildman–Crippen LogP) is 5.13. The summed E-state index contributed by atoms with van der Waals surface area (Å²) in [5.74, 6) is 1.33. The minimum Gasteiger partial charge on any atom is -0.494 e. The van der Waals surface area contributed by atoms with Gasteiger partial charge in [0.05, 0.1) is 6.61 Å². The highest BCUT2D eigenvalue weighted by molar-refractivity contribution is 9.10. The van der Waals surface area contributed by atoms with Crippen LogP contribution in [-0.2, 0) is 0 Å². The lowest BCUT2D eigenvalue weighted by molar-refractivity contribution is 0.102. The Bertz CT molecular complexity index is 606. The lowest BCUT2D eigenvalue weighted by Gasteiger charge is -2.09. The molecule has 4 heteroatoms. The summed E-state index contributed by atoms with van der Waals surface area (Å²) < 4.78 is 6.61. The maximum absolute atomic E-state index is 12.1. The fourth-order valence-electron chi connectivity index (χ4n) is 1.85. The van der Waals surface area contributed by atoms with Gasteiger partial charge in [0, 0.05) is 15.7 Å². The lowest BCUT2D eigenvalue weighted by Crippen LogP contribution is -2.11. The monoisotopic (exact) mass is 361 g/mol. The molecule has 0 fully saturated rings. The third-order valence-corrected chi connectivity index (χ3v) is 3.71. The van der Waals surface area contributed by atoms with Gasteiger partial charge in [0.1, 0.15) is 5.75 Å². The minimum absolute atomic E-state index is 0.124. The van der Waals surface area contributed by atoms with Crippen LogP contribution in [0.3, 0.4) is 0 Å². The summed E-state index contributed by atoms with van der Waals surface area (Å²) in [5.41, 5.74) is 1.38. The van der Waals surface area contributed by atoms with Crippen molar-refractivity contribution in [3.8, 4) is 5.75 Å². The van der Waals surface area contributed by atoms with Gasteiger partial charge in [-0.3, -0.25) is 4.79 Å². The molecule has 0 saturated heterocycles. The molecule has 0 aliphatic heterocycles. The van der Waals surface area contributed by atoms with Gasteiger partial charge in [0.15, 0.2) is 0 Å². The maximum atomic E-state index is 12.1. The second kappa shape index (κ2) is 7.99. The van der Waals surface area contributed by atoms with E-state index in [0.29, 0.717) is 18.1 Å². The highest BCUT2D eigenvalue weighted by atomic mass is 79.9. The van der Waals surface area contributed by atoms with E-state index in [4.69, 9.17) is 4.74 Å². The largest absolute Gasteiger partial charge is 0.494 e. The van der Waals surface area contributed by atoms with Gasteiger partial charge in [0.25, 0.3) is 5.91 Å². The Balaban J connectivity index is 1.90. The van der Waals surface area contributed by atoms with Gasteiger partial charge in [-0.2, -0.15) is 0 Å². The van der Waals surface area contributed by atoms with Crippen molar-refractivity contribution in [1.82, 2.24) is 0 Å². The number of hydrogen-bond acceptors (Lipinski definition) is 2. The fraction of sp³-hybridized carbons (Fsp3) is 0.278. The standard InChI is InChI=1S/C18H20BrNO2/c1-13(2)11-12-22-17-9-7-16(8-10-17)20-18(21)14-3-5-15(19)6-4-14/h3-10,13H,11-12H2,1-2H3,(H,20,21). The molecule has 2 aromatic rings. The number of carbonyl (C=O) groups excluding carboxylic acids is 1. The summed E-state index contributed by atoms with van der Waals surface area (Å²) in [4.78, 5) is 12.1. The number of rotatable bonds is 6. The van der Waals surface area contributed by atoms with Crippen molar-refractivity contribution in [3.63, 3.8) is 0 Å². The Morgan fingerprint density at radius 3 is 2.32 bits per heavy atom. The maximum Gasteiger partial charge on any atom is 0.255 e. The molecule has 0 bridgehead atoms. The number of nitrogens with one attached hydrogen (secondary N) is 1. The predicted molar refractivity (Wildman–Crippen MR) is 93.5 cm³/mol. The number of halogens is 1. The molecule has 0 spiro atoms. The van der Waals surface area contributed by atoms with E-state index in [9.17, 15) is 4.79 Å². The number of ether oxygens (including phenoxy) is 1. The summed E-state index contributed by atoms with van der Waals surface area (Å²) in [6.45, 7) is 5.05. The molecule has 3 nitrogen and oxygen atoms in total. The van der Waals surface area contributed by atoms with Crippen LogP contribution in [0.4, 0.5) is 5.69 Å². The zero-order valence-electron chi connectivity index (χ0n) is 12.8. The third-order valence-electron chi connectivity index (χ3n) is 3.18. The molecule has 0 atom stereocenters. The van der Waals surface area contributed by atoms with Gasteiger partial charge < -0.3 is 10.1 Å². The Labute approximate surface area is 139 Å². The van der Waals surface area contributed by atoms with Gasteiger partial charge in [-0.1, -0.05) is 29.8 Å². The summed E-state index contributed by atoms with van der Waals surface area (Å²) in [6.07, 6.45) is 1.03. The molecular formula is C18H20BrNO2. The Hall–Kier alpha value is -1.81. The first-order valence-electron chi connectivity index (χ1n) is 7.34. The number of carbonyl (C=O) groups is 1. The Morgan fingerprint density at radius 1 is 1.09 bits per heavy atom. The first kappa shape index (κ1) is 16.6. The first-order valence-corrected chi connectivity index (χ1v) is 8.13. The van der Waals surface area contributed by atoms with Crippen molar-refractivity contribution in [1.29, 1.82) is 0 Å². The highest BCUT2D eigenvalue weighted by Crippen LogP contribution is 2.18. The van der Waals surface area contributed by atoms with Crippen LogP contribution in [0.2, 0.25) is 0 Å². The average molecular weight is 362 g/mol. The number of benzene rings is 2. The van der Waals surface area contributed by atoms with E-state index in [2.05, 4.69) is 35.1 Å². The molecule has 0 aliphatic rings. The first-order chi connectivity index (χ1) is 10.5. The molecule has 0 aromatic heterocycles. The van der Waals surface area contributed by atoms with Crippen LogP contribution < -0.4 is 10.1 Å². The fourth-order valence-corrected chi connectivity index (χ4v) is 2.12. The number of anilines is 1. The van der Waals surface area contributed by atoms with E-state index in [1.807, 2.05) is 36.4 Å². The van der Waals surface area contributed by atoms with Gasteiger partial charge in [0.2, 0.25) is 0 Å². The molecule has 2 aromatic carbocycles. The molecule has 0 saturated carbocycles. The van der Waals surface area contributed by atoms with Crippen LogP contribution in [0.1, 0.15) is 30.6 Å². The van der Waals surface area contributed by atoms with E-state index in [1.54, 1.807) is 12.1 Å². The second-order valence-electron chi connectivity index (χ2n) is 5.52. The summed E-state index contributed by atoms with van der Waals surface area (Å²) in [6, 6.07) is 14.7. The van der Waals surface area contributed by atoms with Crippen LogP contribution in [0, 0.1) is 5.92 Å². The van der Waals surface area contributed by atoms with Crippen molar-refractivity contribution >= 4 is 27.5 Å². The van der Waals surface area contributed by atoms with Gasteiger partial charge in [-0.15, -0.1) is 0 Å². The van der Waals surface area contributed by atoms with Crippen LogP contribution >= 0.6 is 15.9 Å². The molecule has 0 unspecified atom stereocenters. The van der Waals surface area contributed by atoms with Crippen molar-refractivity contribution in [2.24, 2.45) is 5.92 Å². The van der Waals surface area contributed by atoms with E-state index < -0.39 is 0 Å². The summed E-state index contributed by atoms with van der Waals surface area (Å²) >= 11 is 3.35. The van der Waals surface area contributed by atoms with Crippen molar-refractivity contribution < 1.29 is 9.53 Å². The van der Waals surface area contributed by atoms with Crippen molar-refractivity contribution in [2.45, 2.75) is 20.3 Å². The van der Waals surface area contributed by atoms with Crippen LogP contribution in [0.15, 0.2) is 53.0 Å². The van der Waals surface area contributed by atoms with E-state index in [0.717, 1.165) is 22.3 Å². The zero-order chi connectivity index (χ0) is 15.9. The molecule has 0 radical (unpaired) electrons. The third kappa shape index (κ3) is 5.19. The van der Waals surface area contributed by atoms with Gasteiger partial charge in [-0.25, -0.2) is 0 Å². The van der Waals surface area contributed by atoms with E-state index >= 15 is 0 Å². The molecule has 2 rings (SSSR count). The lowest BCUT2D eigenvalue weighted by atomic mass is 10.1. The zero-order valence-corrected chi connectivity index (χ0v) is 14.4. The minimum atomic E-state index is -0.124. The molecule has 1 N–H and O–H groups in total. The van der Waals surface area contributed by atoms with Gasteiger partial charge in [-0.05, 0) is 60.9 Å². The van der Waals surface area contributed by atoms with Crippen molar-refractivity contribution in [3.05, 3.63) is 58.6 Å². The van der Waals surface area contributed by atoms with Crippen molar-refractivity contribution in [2.75, 3.05) is 11.9 Å². The summed E-state index contributed by atoms with van der Waals surface area (Å²) in [7, 11) is 0. The van der Waals surface area contributed by atoms with Gasteiger partial charge >= 0.3 is 0 Å². The van der Waals surface area contributed by atoms with Crippen LogP contribution in [-0.4, -0.2) is 12.5 Å². The molecule has 0 heterocycles. The smallest absolute Gasteiger partial charge is 0.255 e. The second-order valence-corrected chi connectivity index (χ2v) is 6.43. The number of hydrogen-bond donors (Lipinski definition) is 1. The van der Waals surface area contributed by atoms with Crippen LogP contribution in [0.25, 0.3) is 0 Å². The molecular weight excluding hydrogens is 342 g/mol. The Morgan fingerprint density at radius 2 is 1.73 bits per heavy atom. The van der Waals surface area contributed by atoms with Crippen LogP contribution in [0.5, 0.6) is 5.75 Å². The quantitative estimate of drug-likeness (QED) is 0.774. The van der Waals surface area contributed by atoms with E-state index in [-0.39, 0.29) is 5.91 Å². The molecule has 22 heavy (non-hydrogen) atoms. The average Bonchev–Trinajstić information content (AvgIpc) is 2.49. The van der Waals surface area contributed by atoms with E-state index in [1.165, 1.54) is 0 Å². The molecule has 116 valence electrons. The topological polar surface area (TPSA) is 38.3 Å². The summed E-state index contributed by atoms with van der Waals surface area (Å²) in [5, 5.41) is 2.87. The molecule has 0 aliphatic carbocycles. The molecule has 1 amide bonds. The number of amides is 1. The highest BCUT2D eigenvalue weighted by Gasteiger charge is 2.06. The SMILES string of the molecule is CC(C)CCOc1ccc(NC(=O)c2ccc(Br)cc2)cc1. The Kier molecular flexibility index (Phi) is 6.01. The normalized spacial score (nSPS) is 10.5.